The average molecular weight is 429 g/mol. The highest BCUT2D eigenvalue weighted by atomic mass is 19.4. The third kappa shape index (κ3) is 5.34. The van der Waals surface area contributed by atoms with Crippen molar-refractivity contribution in [3.05, 3.63) is 77.0 Å². The lowest BCUT2D eigenvalue weighted by atomic mass is 9.86. The minimum atomic E-state index is -4.42. The minimum Gasteiger partial charge on any atom is -0.347 e. The molecular weight excluding hydrogens is 403 g/mol. The summed E-state index contributed by atoms with van der Waals surface area (Å²) in [6.07, 6.45) is -4.42. The summed E-state index contributed by atoms with van der Waals surface area (Å²) in [7, 11) is 0. The first kappa shape index (κ1) is 22.6. The zero-order chi connectivity index (χ0) is 22.8. The third-order valence-corrected chi connectivity index (χ3v) is 5.07. The molecule has 0 aliphatic rings. The van der Waals surface area contributed by atoms with Crippen LogP contribution in [0.2, 0.25) is 0 Å². The number of hydrogen-bond acceptors (Lipinski definition) is 2. The SMILES string of the molecule is CCn1nc(C(=O)NCc2cccc(C(F)(F)F)c2)cc1-c1ccc(C(C)(C)C)cc1. The summed E-state index contributed by atoms with van der Waals surface area (Å²) in [5.41, 5.74) is 2.86. The summed E-state index contributed by atoms with van der Waals surface area (Å²) in [5.74, 6) is -0.433. The summed E-state index contributed by atoms with van der Waals surface area (Å²) in [6, 6.07) is 14.8. The fourth-order valence-electron chi connectivity index (χ4n) is 3.27. The van der Waals surface area contributed by atoms with Gasteiger partial charge in [0.25, 0.3) is 5.91 Å². The van der Waals surface area contributed by atoms with Crippen molar-refractivity contribution in [2.24, 2.45) is 0 Å². The molecule has 4 nitrogen and oxygen atoms in total. The maximum Gasteiger partial charge on any atom is 0.416 e. The first-order chi connectivity index (χ1) is 14.5. The second kappa shape index (κ2) is 8.57. The van der Waals surface area contributed by atoms with Gasteiger partial charge in [-0.25, -0.2) is 0 Å². The molecule has 0 aliphatic carbocycles. The van der Waals surface area contributed by atoms with Crippen LogP contribution in [-0.2, 0) is 24.7 Å². The lowest BCUT2D eigenvalue weighted by molar-refractivity contribution is -0.137. The molecule has 1 N–H and O–H groups in total. The Balaban J connectivity index is 1.77. The molecule has 0 spiro atoms. The van der Waals surface area contributed by atoms with Gasteiger partial charge in [-0.2, -0.15) is 18.3 Å². The van der Waals surface area contributed by atoms with Gasteiger partial charge in [-0.3, -0.25) is 9.48 Å². The standard InChI is InChI=1S/C24H26F3N3O/c1-5-30-21(17-9-11-18(12-10-17)23(2,3)4)14-20(29-30)22(31)28-15-16-7-6-8-19(13-16)24(25,26)27/h6-14H,5,15H2,1-4H3,(H,28,31). The Kier molecular flexibility index (Phi) is 6.25. The molecule has 7 heteroatoms. The van der Waals surface area contributed by atoms with E-state index in [9.17, 15) is 18.0 Å². The number of alkyl halides is 3. The Bertz CT molecular complexity index is 1060. The number of amides is 1. The van der Waals surface area contributed by atoms with Crippen molar-refractivity contribution in [1.82, 2.24) is 15.1 Å². The summed E-state index contributed by atoms with van der Waals surface area (Å²) >= 11 is 0. The van der Waals surface area contributed by atoms with Crippen molar-refractivity contribution in [2.75, 3.05) is 0 Å². The van der Waals surface area contributed by atoms with E-state index in [1.807, 2.05) is 19.1 Å². The first-order valence-corrected chi connectivity index (χ1v) is 10.1. The van der Waals surface area contributed by atoms with Gasteiger partial charge in [0.1, 0.15) is 0 Å². The molecule has 1 aromatic heterocycles. The molecule has 0 saturated carbocycles. The molecule has 0 fully saturated rings. The summed E-state index contributed by atoms with van der Waals surface area (Å²) in [5, 5.41) is 7.03. The summed E-state index contributed by atoms with van der Waals surface area (Å²) in [6.45, 7) is 8.93. The highest BCUT2D eigenvalue weighted by Gasteiger charge is 2.30. The monoisotopic (exact) mass is 429 g/mol. The molecule has 2 aromatic carbocycles. The molecule has 0 saturated heterocycles. The Labute approximate surface area is 180 Å². The van der Waals surface area contributed by atoms with Gasteiger partial charge in [-0.15, -0.1) is 0 Å². The highest BCUT2D eigenvalue weighted by molar-refractivity contribution is 5.93. The van der Waals surface area contributed by atoms with Crippen LogP contribution in [-0.4, -0.2) is 15.7 Å². The Hall–Kier alpha value is -3.09. The van der Waals surface area contributed by atoms with Crippen molar-refractivity contribution in [2.45, 2.75) is 52.4 Å². The third-order valence-electron chi connectivity index (χ3n) is 5.07. The molecule has 0 radical (unpaired) electrons. The summed E-state index contributed by atoms with van der Waals surface area (Å²) < 4.78 is 40.3. The molecule has 0 unspecified atom stereocenters. The molecular formula is C24H26F3N3O. The fourth-order valence-corrected chi connectivity index (χ4v) is 3.27. The maximum atomic E-state index is 12.9. The molecule has 31 heavy (non-hydrogen) atoms. The average Bonchev–Trinajstić information content (AvgIpc) is 3.15. The second-order valence-corrected chi connectivity index (χ2v) is 8.44. The van der Waals surface area contributed by atoms with E-state index in [4.69, 9.17) is 0 Å². The number of aryl methyl sites for hydroxylation is 1. The molecule has 0 aliphatic heterocycles. The quantitative estimate of drug-likeness (QED) is 0.556. The topological polar surface area (TPSA) is 46.9 Å². The van der Waals surface area contributed by atoms with Crippen LogP contribution in [0.1, 0.15) is 54.9 Å². The number of nitrogens with zero attached hydrogens (tertiary/aromatic N) is 2. The van der Waals surface area contributed by atoms with E-state index in [2.05, 4.69) is 43.3 Å². The number of carbonyl (C=O) groups excluding carboxylic acids is 1. The Morgan fingerprint density at radius 1 is 1.00 bits per heavy atom. The van der Waals surface area contributed by atoms with Gasteiger partial charge >= 0.3 is 6.18 Å². The van der Waals surface area contributed by atoms with E-state index in [-0.39, 0.29) is 17.7 Å². The summed E-state index contributed by atoms with van der Waals surface area (Å²) in [4.78, 5) is 12.6. The maximum absolute atomic E-state index is 12.9. The van der Waals surface area contributed by atoms with Crippen LogP contribution in [0.25, 0.3) is 11.3 Å². The van der Waals surface area contributed by atoms with Gasteiger partial charge in [0.2, 0.25) is 0 Å². The van der Waals surface area contributed by atoms with Gasteiger partial charge in [-0.05, 0) is 47.2 Å². The van der Waals surface area contributed by atoms with E-state index in [1.165, 1.54) is 11.6 Å². The van der Waals surface area contributed by atoms with Crippen LogP contribution < -0.4 is 5.32 Å². The van der Waals surface area contributed by atoms with Crippen molar-refractivity contribution in [3.63, 3.8) is 0 Å². The normalized spacial score (nSPS) is 12.1. The van der Waals surface area contributed by atoms with E-state index in [1.54, 1.807) is 16.8 Å². The van der Waals surface area contributed by atoms with Crippen LogP contribution >= 0.6 is 0 Å². The van der Waals surface area contributed by atoms with Gasteiger partial charge in [0, 0.05) is 13.1 Å². The number of nitrogens with one attached hydrogen (secondary N) is 1. The van der Waals surface area contributed by atoms with Gasteiger partial charge in [-0.1, -0.05) is 57.2 Å². The number of aromatic nitrogens is 2. The van der Waals surface area contributed by atoms with Gasteiger partial charge < -0.3 is 5.32 Å². The number of carbonyl (C=O) groups is 1. The zero-order valence-electron chi connectivity index (χ0n) is 18.0. The van der Waals surface area contributed by atoms with Crippen LogP contribution in [0, 0.1) is 0 Å². The van der Waals surface area contributed by atoms with Gasteiger partial charge in [0.05, 0.1) is 11.3 Å². The van der Waals surface area contributed by atoms with E-state index in [0.717, 1.165) is 23.4 Å². The number of benzene rings is 2. The molecule has 3 aromatic rings. The largest absolute Gasteiger partial charge is 0.416 e. The van der Waals surface area contributed by atoms with Crippen LogP contribution in [0.15, 0.2) is 54.6 Å². The predicted molar refractivity (Wildman–Crippen MR) is 115 cm³/mol. The lowest BCUT2D eigenvalue weighted by Crippen LogP contribution is -2.23. The number of rotatable bonds is 5. The van der Waals surface area contributed by atoms with E-state index >= 15 is 0 Å². The molecule has 0 atom stereocenters. The van der Waals surface area contributed by atoms with Crippen molar-refractivity contribution < 1.29 is 18.0 Å². The van der Waals surface area contributed by atoms with Crippen molar-refractivity contribution >= 4 is 5.91 Å². The second-order valence-electron chi connectivity index (χ2n) is 8.44. The van der Waals surface area contributed by atoms with Crippen LogP contribution in [0.5, 0.6) is 0 Å². The Morgan fingerprint density at radius 2 is 1.68 bits per heavy atom. The minimum absolute atomic E-state index is 0.0165. The highest BCUT2D eigenvalue weighted by Crippen LogP contribution is 2.30. The molecule has 1 heterocycles. The van der Waals surface area contributed by atoms with Crippen LogP contribution in [0.4, 0.5) is 13.2 Å². The smallest absolute Gasteiger partial charge is 0.347 e. The number of hydrogen-bond donors (Lipinski definition) is 1. The van der Waals surface area contributed by atoms with Crippen molar-refractivity contribution in [1.29, 1.82) is 0 Å². The molecule has 164 valence electrons. The first-order valence-electron chi connectivity index (χ1n) is 10.1. The zero-order valence-corrected chi connectivity index (χ0v) is 18.0. The van der Waals surface area contributed by atoms with Gasteiger partial charge in [0.15, 0.2) is 5.69 Å². The van der Waals surface area contributed by atoms with Crippen LogP contribution in [0.3, 0.4) is 0 Å². The Morgan fingerprint density at radius 3 is 2.26 bits per heavy atom. The molecule has 0 bridgehead atoms. The molecule has 3 rings (SSSR count). The van der Waals surface area contributed by atoms with E-state index < -0.39 is 17.6 Å². The molecule has 1 amide bonds. The van der Waals surface area contributed by atoms with Crippen molar-refractivity contribution in [3.8, 4) is 11.3 Å². The number of halogens is 3. The fraction of sp³-hybridized carbons (Fsp3) is 0.333. The predicted octanol–water partition coefficient (Wildman–Crippen LogP) is 5.82. The lowest BCUT2D eigenvalue weighted by Gasteiger charge is -2.19. The van der Waals surface area contributed by atoms with E-state index in [0.29, 0.717) is 12.1 Å².